The number of anilines is 1. The number of rotatable bonds is 6. The Morgan fingerprint density at radius 3 is 2.36 bits per heavy atom. The quantitative estimate of drug-likeness (QED) is 0.670. The number of amides is 4. The van der Waals surface area contributed by atoms with Gasteiger partial charge in [-0.1, -0.05) is 15.9 Å². The molecule has 1 heterocycles. The number of carbonyl (C=O) groups excluding carboxylic acids is 4. The Morgan fingerprint density at radius 1 is 1.00 bits per heavy atom. The fourth-order valence-corrected chi connectivity index (χ4v) is 3.30. The molecule has 1 aliphatic heterocycles. The van der Waals surface area contributed by atoms with Gasteiger partial charge in [0.25, 0.3) is 17.7 Å². The van der Waals surface area contributed by atoms with Crippen molar-refractivity contribution in [2.45, 2.75) is 12.8 Å². The van der Waals surface area contributed by atoms with Gasteiger partial charge in [-0.2, -0.15) is 0 Å². The van der Waals surface area contributed by atoms with Crippen molar-refractivity contribution in [3.05, 3.63) is 63.6 Å². The Morgan fingerprint density at radius 2 is 1.68 bits per heavy atom. The van der Waals surface area contributed by atoms with Crippen LogP contribution in [-0.4, -0.2) is 42.1 Å². The van der Waals surface area contributed by atoms with Crippen LogP contribution >= 0.6 is 15.9 Å². The van der Waals surface area contributed by atoms with Gasteiger partial charge in [-0.05, 0) is 48.9 Å². The summed E-state index contributed by atoms with van der Waals surface area (Å²) in [5.41, 5.74) is 1.83. The van der Waals surface area contributed by atoms with E-state index in [1.165, 1.54) is 4.90 Å². The van der Waals surface area contributed by atoms with Gasteiger partial charge >= 0.3 is 0 Å². The van der Waals surface area contributed by atoms with Gasteiger partial charge in [-0.15, -0.1) is 0 Å². The normalized spacial score (nSPS) is 12.7. The predicted molar refractivity (Wildman–Crippen MR) is 107 cm³/mol. The molecule has 28 heavy (non-hydrogen) atoms. The molecule has 0 atom stereocenters. The van der Waals surface area contributed by atoms with Gasteiger partial charge in [-0.25, -0.2) is 0 Å². The van der Waals surface area contributed by atoms with E-state index in [9.17, 15) is 19.2 Å². The molecular weight excluding hydrogens is 426 g/mol. The molecule has 0 saturated heterocycles. The molecule has 2 N–H and O–H groups in total. The van der Waals surface area contributed by atoms with Gasteiger partial charge in [-0.3, -0.25) is 24.1 Å². The second-order valence-corrected chi connectivity index (χ2v) is 7.18. The van der Waals surface area contributed by atoms with E-state index in [0.29, 0.717) is 28.8 Å². The summed E-state index contributed by atoms with van der Waals surface area (Å²) in [5.74, 6) is -1.11. The van der Waals surface area contributed by atoms with E-state index in [-0.39, 0.29) is 36.6 Å². The van der Waals surface area contributed by atoms with E-state index in [0.717, 1.165) is 4.47 Å². The van der Waals surface area contributed by atoms with Gasteiger partial charge in [0.15, 0.2) is 0 Å². The maximum Gasteiger partial charge on any atom is 0.261 e. The maximum absolute atomic E-state index is 12.4. The molecule has 144 valence electrons. The molecule has 0 unspecified atom stereocenters. The van der Waals surface area contributed by atoms with Crippen LogP contribution < -0.4 is 10.6 Å². The second-order valence-electron chi connectivity index (χ2n) is 6.26. The smallest absolute Gasteiger partial charge is 0.261 e. The Kier molecular flexibility index (Phi) is 5.89. The third kappa shape index (κ3) is 4.12. The molecule has 4 amide bonds. The Balaban J connectivity index is 1.51. The van der Waals surface area contributed by atoms with Crippen LogP contribution in [0.1, 0.15) is 43.9 Å². The van der Waals surface area contributed by atoms with E-state index in [4.69, 9.17) is 0 Å². The minimum atomic E-state index is -0.341. The summed E-state index contributed by atoms with van der Waals surface area (Å²) < 4.78 is 0.732. The van der Waals surface area contributed by atoms with Gasteiger partial charge < -0.3 is 10.6 Å². The molecule has 0 fully saturated rings. The van der Waals surface area contributed by atoms with Crippen LogP contribution in [0.4, 0.5) is 5.69 Å². The molecule has 0 bridgehead atoms. The number of hydrogen-bond donors (Lipinski definition) is 2. The van der Waals surface area contributed by atoms with Crippen molar-refractivity contribution in [3.63, 3.8) is 0 Å². The Labute approximate surface area is 170 Å². The van der Waals surface area contributed by atoms with Gasteiger partial charge in [0.05, 0.1) is 11.1 Å². The minimum Gasteiger partial charge on any atom is -0.355 e. The molecule has 0 saturated carbocycles. The number of hydrogen-bond acceptors (Lipinski definition) is 4. The first-order valence-corrected chi connectivity index (χ1v) is 9.47. The zero-order chi connectivity index (χ0) is 20.3. The Hall–Kier alpha value is -3.00. The first kappa shape index (κ1) is 19.8. The molecule has 0 spiro atoms. The van der Waals surface area contributed by atoms with Crippen molar-refractivity contribution in [2.24, 2.45) is 0 Å². The number of fused-ring (bicyclic) bond motifs is 1. The number of imide groups is 1. The number of halogens is 1. The largest absolute Gasteiger partial charge is 0.355 e. The molecular formula is C20H18BrN3O4. The third-order valence-corrected chi connectivity index (χ3v) is 4.87. The predicted octanol–water partition coefficient (Wildman–Crippen LogP) is 2.82. The lowest BCUT2D eigenvalue weighted by molar-refractivity contribution is -0.116. The zero-order valence-corrected chi connectivity index (χ0v) is 16.7. The minimum absolute atomic E-state index is 0.161. The van der Waals surface area contributed by atoms with E-state index in [1.807, 2.05) is 0 Å². The van der Waals surface area contributed by atoms with Crippen LogP contribution in [0.3, 0.4) is 0 Å². The van der Waals surface area contributed by atoms with Crippen molar-refractivity contribution in [3.8, 4) is 0 Å². The van der Waals surface area contributed by atoms with Gasteiger partial charge in [0.1, 0.15) is 0 Å². The van der Waals surface area contributed by atoms with Crippen molar-refractivity contribution < 1.29 is 19.2 Å². The van der Waals surface area contributed by atoms with Crippen molar-refractivity contribution in [1.29, 1.82) is 0 Å². The Bertz CT molecular complexity index is 956. The zero-order valence-electron chi connectivity index (χ0n) is 15.1. The van der Waals surface area contributed by atoms with Gasteiger partial charge in [0, 0.05) is 35.7 Å². The summed E-state index contributed by atoms with van der Waals surface area (Å²) in [6.45, 7) is 0.174. The van der Waals surface area contributed by atoms with Crippen LogP contribution in [0, 0.1) is 0 Å². The molecule has 1 aliphatic rings. The second kappa shape index (κ2) is 8.35. The maximum atomic E-state index is 12.4. The summed E-state index contributed by atoms with van der Waals surface area (Å²) in [6.07, 6.45) is 0.517. The van der Waals surface area contributed by atoms with Crippen LogP contribution in [0.2, 0.25) is 0 Å². The highest BCUT2D eigenvalue weighted by Crippen LogP contribution is 2.26. The van der Waals surface area contributed by atoms with Crippen molar-refractivity contribution in [1.82, 2.24) is 10.2 Å². The molecule has 2 aromatic rings. The molecule has 0 radical (unpaired) electrons. The molecule has 3 rings (SSSR count). The standard InChI is InChI=1S/C20H18BrN3O4/c1-22-18(26)12-4-7-14(8-5-12)23-17(25)3-2-10-24-19(27)15-9-6-13(21)11-16(15)20(24)28/h4-9,11H,2-3,10H2,1H3,(H,22,26)(H,23,25). The van der Waals surface area contributed by atoms with Crippen molar-refractivity contribution in [2.75, 3.05) is 18.9 Å². The first-order valence-electron chi connectivity index (χ1n) is 8.68. The van der Waals surface area contributed by atoms with Crippen LogP contribution in [0.15, 0.2) is 46.9 Å². The molecule has 0 aliphatic carbocycles. The van der Waals surface area contributed by atoms with Crippen LogP contribution in [0.25, 0.3) is 0 Å². The average molecular weight is 444 g/mol. The lowest BCUT2D eigenvalue weighted by Gasteiger charge is -2.13. The monoisotopic (exact) mass is 443 g/mol. The lowest BCUT2D eigenvalue weighted by atomic mass is 10.1. The van der Waals surface area contributed by atoms with E-state index in [1.54, 1.807) is 49.5 Å². The van der Waals surface area contributed by atoms with Crippen molar-refractivity contribution >= 4 is 45.2 Å². The summed E-state index contributed by atoms with van der Waals surface area (Å²) >= 11 is 3.29. The topological polar surface area (TPSA) is 95.6 Å². The summed E-state index contributed by atoms with van der Waals surface area (Å²) in [7, 11) is 1.55. The van der Waals surface area contributed by atoms with E-state index >= 15 is 0 Å². The number of nitrogens with one attached hydrogen (secondary N) is 2. The molecule has 0 aromatic heterocycles. The fraction of sp³-hybridized carbons (Fsp3) is 0.200. The first-order chi connectivity index (χ1) is 13.4. The average Bonchev–Trinajstić information content (AvgIpc) is 2.92. The highest BCUT2D eigenvalue weighted by Gasteiger charge is 2.35. The highest BCUT2D eigenvalue weighted by molar-refractivity contribution is 9.10. The fourth-order valence-electron chi connectivity index (χ4n) is 2.94. The molecule has 7 nitrogen and oxygen atoms in total. The summed E-state index contributed by atoms with van der Waals surface area (Å²) in [6, 6.07) is 11.5. The van der Waals surface area contributed by atoms with E-state index in [2.05, 4.69) is 26.6 Å². The number of benzene rings is 2. The van der Waals surface area contributed by atoms with Crippen LogP contribution in [-0.2, 0) is 4.79 Å². The number of carbonyl (C=O) groups is 4. The molecule has 2 aromatic carbocycles. The summed E-state index contributed by atoms with van der Waals surface area (Å²) in [4.78, 5) is 49.5. The third-order valence-electron chi connectivity index (χ3n) is 4.38. The van der Waals surface area contributed by atoms with Gasteiger partial charge in [0.2, 0.25) is 5.91 Å². The SMILES string of the molecule is CNC(=O)c1ccc(NC(=O)CCCN2C(=O)c3ccc(Br)cc3C2=O)cc1. The summed E-state index contributed by atoms with van der Waals surface area (Å²) in [5, 5.41) is 5.26. The highest BCUT2D eigenvalue weighted by atomic mass is 79.9. The molecule has 8 heteroatoms. The lowest BCUT2D eigenvalue weighted by Crippen LogP contribution is -2.31. The van der Waals surface area contributed by atoms with Crippen LogP contribution in [0.5, 0.6) is 0 Å². The van der Waals surface area contributed by atoms with E-state index < -0.39 is 0 Å². The number of nitrogens with zero attached hydrogens (tertiary/aromatic N) is 1.